The Morgan fingerprint density at radius 3 is 2.48 bits per heavy atom. The quantitative estimate of drug-likeness (QED) is 0.330. The van der Waals surface area contributed by atoms with Gasteiger partial charge in [0.1, 0.15) is 0 Å². The van der Waals surface area contributed by atoms with E-state index in [0.29, 0.717) is 23.3 Å². The summed E-state index contributed by atoms with van der Waals surface area (Å²) in [6, 6.07) is 1.31. The van der Waals surface area contributed by atoms with Gasteiger partial charge < -0.3 is 15.4 Å². The highest BCUT2D eigenvalue weighted by Crippen LogP contribution is 2.67. The molecule has 0 radical (unpaired) electrons. The maximum Gasteiger partial charge on any atom is 0.305 e. The fraction of sp³-hybridized carbons (Fsp3) is 0.966. The lowest BCUT2D eigenvalue weighted by atomic mass is 9.44. The Morgan fingerprint density at radius 2 is 1.73 bits per heavy atom. The Labute approximate surface area is 203 Å². The van der Waals surface area contributed by atoms with E-state index in [4.69, 9.17) is 4.74 Å². The Bertz CT molecular complexity index is 666. The Balaban J connectivity index is 1.33. The van der Waals surface area contributed by atoms with Crippen LogP contribution in [0.3, 0.4) is 0 Å². The van der Waals surface area contributed by atoms with Crippen molar-refractivity contribution < 1.29 is 9.53 Å². The number of fused-ring (bicyclic) bond motifs is 5. The fourth-order valence-electron chi connectivity index (χ4n) is 9.26. The van der Waals surface area contributed by atoms with Gasteiger partial charge in [0.2, 0.25) is 0 Å². The number of hydrogen-bond donors (Lipinski definition) is 2. The third kappa shape index (κ3) is 5.17. The van der Waals surface area contributed by atoms with Gasteiger partial charge in [-0.15, -0.1) is 0 Å². The number of carbonyl (C=O) groups is 1. The zero-order valence-corrected chi connectivity index (χ0v) is 22.3. The van der Waals surface area contributed by atoms with Gasteiger partial charge in [0.25, 0.3) is 0 Å². The van der Waals surface area contributed by atoms with E-state index in [9.17, 15) is 4.79 Å². The van der Waals surface area contributed by atoms with Gasteiger partial charge in [-0.3, -0.25) is 4.79 Å². The van der Waals surface area contributed by atoms with Crippen molar-refractivity contribution in [2.75, 3.05) is 20.2 Å². The van der Waals surface area contributed by atoms with Crippen LogP contribution in [0, 0.1) is 40.4 Å². The third-order valence-electron chi connectivity index (χ3n) is 11.1. The van der Waals surface area contributed by atoms with Crippen LogP contribution in [0.2, 0.25) is 0 Å². The van der Waals surface area contributed by atoms with Gasteiger partial charge in [-0.1, -0.05) is 27.7 Å². The lowest BCUT2D eigenvalue weighted by Crippen LogP contribution is -2.55. The van der Waals surface area contributed by atoms with Crippen LogP contribution in [0.15, 0.2) is 0 Å². The van der Waals surface area contributed by atoms with Crippen LogP contribution in [0.4, 0.5) is 0 Å². The minimum absolute atomic E-state index is 0.0362. The lowest BCUT2D eigenvalue weighted by Gasteiger charge is -2.61. The van der Waals surface area contributed by atoms with E-state index in [1.807, 2.05) is 0 Å². The highest BCUT2D eigenvalue weighted by molar-refractivity contribution is 5.68. The molecule has 4 saturated carbocycles. The molecule has 0 heterocycles. The monoisotopic (exact) mass is 460 g/mol. The molecular formula is C29H52N2O2. The second-order valence-corrected chi connectivity index (χ2v) is 13.0. The number of ether oxygens (including phenoxy) is 1. The Hall–Kier alpha value is -0.610. The summed E-state index contributed by atoms with van der Waals surface area (Å²) in [7, 11) is 1.51. The van der Waals surface area contributed by atoms with E-state index in [2.05, 4.69) is 38.3 Å². The highest BCUT2D eigenvalue weighted by atomic mass is 16.5. The molecule has 8 atom stereocenters. The molecule has 4 nitrogen and oxygen atoms in total. The number of carbonyl (C=O) groups excluding carboxylic acids is 1. The summed E-state index contributed by atoms with van der Waals surface area (Å²) in [5, 5.41) is 7.43. The molecule has 0 aromatic rings. The van der Waals surface area contributed by atoms with Crippen LogP contribution in [0.1, 0.15) is 105 Å². The largest absolute Gasteiger partial charge is 0.469 e. The van der Waals surface area contributed by atoms with Gasteiger partial charge in [-0.25, -0.2) is 0 Å². The SMILES string of the molecule is COC(=O)CCCC1CCC2C3CCC4CC(NCCNC(C)C)CCC4(C)C3CCC12C. The van der Waals surface area contributed by atoms with E-state index in [-0.39, 0.29) is 5.97 Å². The smallest absolute Gasteiger partial charge is 0.305 e. The van der Waals surface area contributed by atoms with Crippen LogP contribution >= 0.6 is 0 Å². The highest BCUT2D eigenvalue weighted by Gasteiger charge is 2.59. The first-order valence-corrected chi connectivity index (χ1v) is 14.3. The molecule has 4 heteroatoms. The average Bonchev–Trinajstić information content (AvgIpc) is 3.12. The van der Waals surface area contributed by atoms with Crippen molar-refractivity contribution in [3.63, 3.8) is 0 Å². The molecule has 4 rings (SSSR count). The number of hydrogen-bond acceptors (Lipinski definition) is 4. The molecule has 4 aliphatic rings. The summed E-state index contributed by atoms with van der Waals surface area (Å²) in [5.41, 5.74) is 1.09. The maximum absolute atomic E-state index is 11.6. The van der Waals surface area contributed by atoms with Crippen molar-refractivity contribution >= 4 is 5.97 Å². The van der Waals surface area contributed by atoms with Crippen molar-refractivity contribution in [1.29, 1.82) is 0 Å². The second kappa shape index (κ2) is 10.6. The lowest BCUT2D eigenvalue weighted by molar-refractivity contribution is -0.141. The Morgan fingerprint density at radius 1 is 0.970 bits per heavy atom. The Kier molecular flexibility index (Phi) is 8.16. The molecule has 8 unspecified atom stereocenters. The number of esters is 1. The average molecular weight is 461 g/mol. The van der Waals surface area contributed by atoms with E-state index < -0.39 is 0 Å². The molecular weight excluding hydrogens is 408 g/mol. The molecule has 0 aromatic heterocycles. The first-order chi connectivity index (χ1) is 15.8. The first kappa shape index (κ1) is 25.5. The van der Waals surface area contributed by atoms with Gasteiger partial charge in [0.05, 0.1) is 7.11 Å². The predicted molar refractivity (Wildman–Crippen MR) is 136 cm³/mol. The van der Waals surface area contributed by atoms with E-state index >= 15 is 0 Å². The molecule has 0 aromatic carbocycles. The summed E-state index contributed by atoms with van der Waals surface area (Å²) in [6.07, 6.45) is 15.7. The molecule has 0 aliphatic heterocycles. The minimum atomic E-state index is -0.0362. The van der Waals surface area contributed by atoms with Crippen molar-refractivity contribution in [2.24, 2.45) is 40.4 Å². The standard InChI is InChI=1S/C29H52N2O2/c1-20(2)30-17-18-31-23-13-15-29(4)22(19-23)9-11-24-25-12-10-21(7-6-8-27(32)33-5)28(25,3)16-14-26(24)29/h20-26,30-31H,6-19H2,1-5H3. The summed E-state index contributed by atoms with van der Waals surface area (Å²) in [4.78, 5) is 11.6. The van der Waals surface area contributed by atoms with Gasteiger partial charge in [0.15, 0.2) is 0 Å². The minimum Gasteiger partial charge on any atom is -0.469 e. The number of rotatable bonds is 9. The van der Waals surface area contributed by atoms with Crippen LogP contribution in [-0.2, 0) is 9.53 Å². The zero-order valence-electron chi connectivity index (χ0n) is 22.3. The maximum atomic E-state index is 11.6. The van der Waals surface area contributed by atoms with Crippen molar-refractivity contribution in [3.8, 4) is 0 Å². The second-order valence-electron chi connectivity index (χ2n) is 13.0. The molecule has 4 aliphatic carbocycles. The van der Waals surface area contributed by atoms with E-state index in [0.717, 1.165) is 55.1 Å². The summed E-state index contributed by atoms with van der Waals surface area (Å²) in [6.45, 7) is 12.0. The molecule has 0 amide bonds. The predicted octanol–water partition coefficient (Wildman–Crippen LogP) is 5.94. The normalized spacial score (nSPS) is 42.5. The molecule has 0 bridgehead atoms. The van der Waals surface area contributed by atoms with Crippen molar-refractivity contribution in [3.05, 3.63) is 0 Å². The van der Waals surface area contributed by atoms with E-state index in [1.54, 1.807) is 0 Å². The number of methoxy groups -OCH3 is 1. The van der Waals surface area contributed by atoms with Gasteiger partial charge in [-0.2, -0.15) is 0 Å². The summed E-state index contributed by atoms with van der Waals surface area (Å²) < 4.78 is 4.88. The third-order valence-corrected chi connectivity index (χ3v) is 11.1. The van der Waals surface area contributed by atoms with Crippen LogP contribution in [-0.4, -0.2) is 38.3 Å². The summed E-state index contributed by atoms with van der Waals surface area (Å²) >= 11 is 0. The van der Waals surface area contributed by atoms with E-state index in [1.165, 1.54) is 71.3 Å². The molecule has 33 heavy (non-hydrogen) atoms. The van der Waals surface area contributed by atoms with Gasteiger partial charge >= 0.3 is 5.97 Å². The molecule has 2 N–H and O–H groups in total. The van der Waals surface area contributed by atoms with Crippen molar-refractivity contribution in [1.82, 2.24) is 10.6 Å². The van der Waals surface area contributed by atoms with Gasteiger partial charge in [-0.05, 0) is 111 Å². The van der Waals surface area contributed by atoms with Crippen LogP contribution < -0.4 is 10.6 Å². The molecule has 0 spiro atoms. The summed E-state index contributed by atoms with van der Waals surface area (Å²) in [5.74, 6) is 4.53. The van der Waals surface area contributed by atoms with Crippen LogP contribution in [0.25, 0.3) is 0 Å². The zero-order chi connectivity index (χ0) is 23.6. The first-order valence-electron chi connectivity index (χ1n) is 14.3. The number of nitrogens with one attached hydrogen (secondary N) is 2. The molecule has 0 saturated heterocycles. The molecule has 4 fully saturated rings. The van der Waals surface area contributed by atoms with Crippen molar-refractivity contribution in [2.45, 2.75) is 117 Å². The topological polar surface area (TPSA) is 50.4 Å². The fourth-order valence-corrected chi connectivity index (χ4v) is 9.26. The van der Waals surface area contributed by atoms with Crippen LogP contribution in [0.5, 0.6) is 0 Å². The van der Waals surface area contributed by atoms with Gasteiger partial charge in [0, 0.05) is 31.6 Å². The molecule has 190 valence electrons.